The number of piperazine rings is 1. The molecule has 1 heterocycles. The van der Waals surface area contributed by atoms with Crippen LogP contribution in [0.25, 0.3) is 0 Å². The minimum absolute atomic E-state index is 0.237. The Morgan fingerprint density at radius 2 is 2.00 bits per heavy atom. The van der Waals surface area contributed by atoms with Crippen molar-refractivity contribution in [3.63, 3.8) is 0 Å². The Bertz CT molecular complexity index is 516. The molecule has 1 atom stereocenters. The zero-order valence-electron chi connectivity index (χ0n) is 15.1. The lowest BCUT2D eigenvalue weighted by Gasteiger charge is -2.42. The van der Waals surface area contributed by atoms with E-state index in [9.17, 15) is 9.90 Å². The van der Waals surface area contributed by atoms with Crippen LogP contribution in [-0.2, 0) is 11.3 Å². The smallest absolute Gasteiger partial charge is 0.337 e. The van der Waals surface area contributed by atoms with Crippen LogP contribution in [0.2, 0.25) is 0 Å². The van der Waals surface area contributed by atoms with E-state index < -0.39 is 0 Å². The Morgan fingerprint density at radius 3 is 2.58 bits per heavy atom. The van der Waals surface area contributed by atoms with Gasteiger partial charge in [-0.1, -0.05) is 26.0 Å². The third-order valence-electron chi connectivity index (χ3n) is 4.53. The first-order chi connectivity index (χ1) is 11.5. The topological polar surface area (TPSA) is 53.0 Å². The summed E-state index contributed by atoms with van der Waals surface area (Å²) in [4.78, 5) is 16.4. The minimum Gasteiger partial charge on any atom is -0.465 e. The van der Waals surface area contributed by atoms with Gasteiger partial charge in [0.15, 0.2) is 0 Å². The predicted molar refractivity (Wildman–Crippen MR) is 95.0 cm³/mol. The summed E-state index contributed by atoms with van der Waals surface area (Å²) in [5.74, 6) is 0.343. The third kappa shape index (κ3) is 5.30. The van der Waals surface area contributed by atoms with Crippen LogP contribution < -0.4 is 0 Å². The second kappa shape index (κ2) is 9.16. The van der Waals surface area contributed by atoms with Gasteiger partial charge in [-0.05, 0) is 30.0 Å². The highest BCUT2D eigenvalue weighted by molar-refractivity contribution is 5.89. The highest BCUT2D eigenvalue weighted by atomic mass is 16.5. The molecular formula is C19H30N2O3. The maximum Gasteiger partial charge on any atom is 0.337 e. The van der Waals surface area contributed by atoms with Gasteiger partial charge in [0.05, 0.1) is 12.7 Å². The lowest BCUT2D eigenvalue weighted by atomic mass is 10.0. The van der Waals surface area contributed by atoms with E-state index in [1.54, 1.807) is 0 Å². The quantitative estimate of drug-likeness (QED) is 0.773. The number of hydrogen-bond acceptors (Lipinski definition) is 5. The summed E-state index contributed by atoms with van der Waals surface area (Å²) in [5.41, 5.74) is 1.78. The molecule has 134 valence electrons. The molecule has 0 aliphatic carbocycles. The molecule has 1 saturated heterocycles. The molecule has 1 fully saturated rings. The number of esters is 1. The number of benzene rings is 1. The highest BCUT2D eigenvalue weighted by Gasteiger charge is 2.26. The van der Waals surface area contributed by atoms with Crippen molar-refractivity contribution < 1.29 is 14.6 Å². The van der Waals surface area contributed by atoms with Crippen LogP contribution in [0.4, 0.5) is 0 Å². The van der Waals surface area contributed by atoms with Gasteiger partial charge in [-0.3, -0.25) is 9.80 Å². The van der Waals surface area contributed by atoms with Crippen LogP contribution in [0.1, 0.15) is 36.2 Å². The van der Waals surface area contributed by atoms with Crippen molar-refractivity contribution in [1.82, 2.24) is 9.80 Å². The summed E-state index contributed by atoms with van der Waals surface area (Å²) in [6, 6.07) is 8.05. The second-order valence-corrected chi connectivity index (χ2v) is 6.98. The lowest BCUT2D eigenvalue weighted by Crippen LogP contribution is -2.53. The van der Waals surface area contributed by atoms with Crippen LogP contribution in [0.3, 0.4) is 0 Å². The largest absolute Gasteiger partial charge is 0.465 e. The molecule has 1 aromatic carbocycles. The number of ether oxygens (including phenoxy) is 1. The summed E-state index contributed by atoms with van der Waals surface area (Å²) < 4.78 is 4.73. The van der Waals surface area contributed by atoms with Gasteiger partial charge in [0.2, 0.25) is 0 Å². The number of carbonyl (C=O) groups is 1. The maximum atomic E-state index is 11.5. The molecule has 1 aromatic rings. The van der Waals surface area contributed by atoms with Gasteiger partial charge < -0.3 is 9.84 Å². The van der Waals surface area contributed by atoms with Gasteiger partial charge in [0, 0.05) is 45.4 Å². The Balaban J connectivity index is 1.94. The molecule has 0 unspecified atom stereocenters. The standard InChI is InChI=1S/C19H30N2O3/c1-15(2)12-21-10-9-20(14-18(21)8-11-22)13-16-4-6-17(7-5-16)19(23)24-3/h4-7,15,18,22H,8-14H2,1-3H3/t18-/m0/s1. The Labute approximate surface area is 145 Å². The van der Waals surface area contributed by atoms with E-state index in [1.165, 1.54) is 12.7 Å². The van der Waals surface area contributed by atoms with Crippen molar-refractivity contribution in [2.75, 3.05) is 39.9 Å². The second-order valence-electron chi connectivity index (χ2n) is 6.98. The summed E-state index contributed by atoms with van der Waals surface area (Å²) in [6.45, 7) is 9.74. The molecule has 0 radical (unpaired) electrons. The first-order valence-electron chi connectivity index (χ1n) is 8.78. The maximum absolute atomic E-state index is 11.5. The number of hydrogen-bond donors (Lipinski definition) is 1. The fraction of sp³-hybridized carbons (Fsp3) is 0.632. The normalized spacial score (nSPS) is 19.6. The highest BCUT2D eigenvalue weighted by Crippen LogP contribution is 2.17. The van der Waals surface area contributed by atoms with E-state index in [1.807, 2.05) is 24.3 Å². The molecule has 24 heavy (non-hydrogen) atoms. The monoisotopic (exact) mass is 334 g/mol. The molecule has 0 spiro atoms. The Morgan fingerprint density at radius 1 is 1.29 bits per heavy atom. The zero-order chi connectivity index (χ0) is 17.5. The lowest BCUT2D eigenvalue weighted by molar-refractivity contribution is 0.0477. The summed E-state index contributed by atoms with van der Waals surface area (Å²) in [7, 11) is 1.40. The van der Waals surface area contributed by atoms with E-state index in [-0.39, 0.29) is 12.6 Å². The average Bonchev–Trinajstić information content (AvgIpc) is 2.57. The van der Waals surface area contributed by atoms with Crippen LogP contribution >= 0.6 is 0 Å². The van der Waals surface area contributed by atoms with Crippen molar-refractivity contribution >= 4 is 5.97 Å². The molecule has 0 aromatic heterocycles. The molecular weight excluding hydrogens is 304 g/mol. The van der Waals surface area contributed by atoms with Crippen molar-refractivity contribution in [1.29, 1.82) is 0 Å². The van der Waals surface area contributed by atoms with Gasteiger partial charge in [0.25, 0.3) is 0 Å². The molecule has 1 aliphatic heterocycles. The molecule has 2 rings (SSSR count). The van der Waals surface area contributed by atoms with Gasteiger partial charge >= 0.3 is 5.97 Å². The first-order valence-corrected chi connectivity index (χ1v) is 8.78. The number of aliphatic hydroxyl groups is 1. The Hall–Kier alpha value is -1.43. The van der Waals surface area contributed by atoms with E-state index >= 15 is 0 Å². The van der Waals surface area contributed by atoms with Gasteiger partial charge in [-0.2, -0.15) is 0 Å². The van der Waals surface area contributed by atoms with E-state index in [4.69, 9.17) is 4.74 Å². The van der Waals surface area contributed by atoms with Crippen LogP contribution in [0.15, 0.2) is 24.3 Å². The average molecular weight is 334 g/mol. The number of methoxy groups -OCH3 is 1. The van der Waals surface area contributed by atoms with E-state index in [2.05, 4.69) is 23.6 Å². The first kappa shape index (κ1) is 18.9. The van der Waals surface area contributed by atoms with E-state index in [0.29, 0.717) is 17.5 Å². The molecule has 0 bridgehead atoms. The SMILES string of the molecule is COC(=O)c1ccc(CN2CCN(CC(C)C)[C@@H](CCO)C2)cc1. The fourth-order valence-electron chi connectivity index (χ4n) is 3.36. The minimum atomic E-state index is -0.299. The molecule has 5 nitrogen and oxygen atoms in total. The molecule has 0 amide bonds. The van der Waals surface area contributed by atoms with Gasteiger partial charge in [-0.15, -0.1) is 0 Å². The summed E-state index contributed by atoms with van der Waals surface area (Å²) >= 11 is 0. The van der Waals surface area contributed by atoms with Crippen molar-refractivity contribution in [2.45, 2.75) is 32.9 Å². The summed E-state index contributed by atoms with van der Waals surface area (Å²) in [6.07, 6.45) is 0.824. The van der Waals surface area contributed by atoms with Crippen LogP contribution in [0, 0.1) is 5.92 Å². The number of rotatable bonds is 7. The third-order valence-corrected chi connectivity index (χ3v) is 4.53. The number of carbonyl (C=O) groups excluding carboxylic acids is 1. The number of aliphatic hydroxyl groups excluding tert-OH is 1. The summed E-state index contributed by atoms with van der Waals surface area (Å²) in [5, 5.41) is 9.36. The van der Waals surface area contributed by atoms with Crippen molar-refractivity contribution in [2.24, 2.45) is 5.92 Å². The predicted octanol–water partition coefficient (Wildman–Crippen LogP) is 2.00. The van der Waals surface area contributed by atoms with Crippen molar-refractivity contribution in [3.8, 4) is 0 Å². The van der Waals surface area contributed by atoms with Gasteiger partial charge in [0.1, 0.15) is 0 Å². The van der Waals surface area contributed by atoms with Crippen LogP contribution in [-0.4, -0.2) is 66.8 Å². The molecule has 0 saturated carbocycles. The molecule has 1 N–H and O–H groups in total. The molecule has 1 aliphatic rings. The van der Waals surface area contributed by atoms with E-state index in [0.717, 1.165) is 39.1 Å². The fourth-order valence-corrected chi connectivity index (χ4v) is 3.36. The Kier molecular flexibility index (Phi) is 7.21. The van der Waals surface area contributed by atoms with Gasteiger partial charge in [-0.25, -0.2) is 4.79 Å². The molecule has 5 heteroatoms. The van der Waals surface area contributed by atoms with Crippen LogP contribution in [0.5, 0.6) is 0 Å². The number of nitrogens with zero attached hydrogens (tertiary/aromatic N) is 2. The zero-order valence-corrected chi connectivity index (χ0v) is 15.1. The van der Waals surface area contributed by atoms with Crippen molar-refractivity contribution in [3.05, 3.63) is 35.4 Å².